The Labute approximate surface area is 108 Å². The number of hydrogen-bond donors (Lipinski definition) is 0. The second-order valence-corrected chi connectivity index (χ2v) is 5.36. The molecule has 2 nitrogen and oxygen atoms in total. The summed E-state index contributed by atoms with van der Waals surface area (Å²) < 4.78 is 18.6. The summed E-state index contributed by atoms with van der Waals surface area (Å²) in [5.41, 5.74) is 2.56. The summed E-state index contributed by atoms with van der Waals surface area (Å²) in [6.07, 6.45) is 4.52. The molecule has 3 rings (SSSR count). The van der Waals surface area contributed by atoms with Crippen molar-refractivity contribution >= 4 is 0 Å². The van der Waals surface area contributed by atoms with Crippen LogP contribution in [0.3, 0.4) is 0 Å². The van der Waals surface area contributed by atoms with E-state index in [4.69, 9.17) is 4.74 Å². The van der Waals surface area contributed by atoms with Crippen LogP contribution in [0.25, 0.3) is 0 Å². The van der Waals surface area contributed by atoms with E-state index in [0.717, 1.165) is 32.4 Å². The first-order valence-corrected chi connectivity index (χ1v) is 6.82. The lowest BCUT2D eigenvalue weighted by atomic mass is 9.93. The Bertz CT molecular complexity index is 435. The van der Waals surface area contributed by atoms with Crippen molar-refractivity contribution in [1.29, 1.82) is 0 Å². The molecule has 0 N–H and O–H groups in total. The summed E-state index contributed by atoms with van der Waals surface area (Å²) in [5, 5.41) is 0. The van der Waals surface area contributed by atoms with Gasteiger partial charge in [-0.3, -0.25) is 4.90 Å². The number of rotatable bonds is 3. The second-order valence-electron chi connectivity index (χ2n) is 5.36. The van der Waals surface area contributed by atoms with Gasteiger partial charge in [-0.1, -0.05) is 6.07 Å². The number of fused-ring (bicyclic) bond motifs is 3. The molecule has 1 fully saturated rings. The largest absolute Gasteiger partial charge is 0.385 e. The van der Waals surface area contributed by atoms with Crippen LogP contribution >= 0.6 is 0 Å². The van der Waals surface area contributed by atoms with Crippen LogP contribution < -0.4 is 0 Å². The second kappa shape index (κ2) is 4.98. The van der Waals surface area contributed by atoms with Gasteiger partial charge in [0.05, 0.1) is 0 Å². The Morgan fingerprint density at radius 1 is 1.39 bits per heavy atom. The van der Waals surface area contributed by atoms with Gasteiger partial charge in [-0.25, -0.2) is 4.39 Å². The predicted octanol–water partition coefficient (Wildman–Crippen LogP) is 2.92. The molecule has 1 aromatic carbocycles. The maximum absolute atomic E-state index is 13.4. The minimum absolute atomic E-state index is 0.101. The minimum Gasteiger partial charge on any atom is -0.385 e. The summed E-state index contributed by atoms with van der Waals surface area (Å²) in [4.78, 5) is 2.56. The molecule has 0 aromatic heterocycles. The topological polar surface area (TPSA) is 12.5 Å². The third-order valence-corrected chi connectivity index (χ3v) is 4.40. The lowest BCUT2D eigenvalue weighted by Gasteiger charge is -2.35. The maximum Gasteiger partial charge on any atom is 0.123 e. The van der Waals surface area contributed by atoms with Gasteiger partial charge >= 0.3 is 0 Å². The first-order valence-electron chi connectivity index (χ1n) is 6.82. The molecule has 98 valence electrons. The molecular weight excluding hydrogens is 229 g/mol. The van der Waals surface area contributed by atoms with Crippen molar-refractivity contribution in [3.05, 3.63) is 35.1 Å². The molecule has 1 saturated heterocycles. The molecule has 0 saturated carbocycles. The number of benzene rings is 1. The molecule has 18 heavy (non-hydrogen) atoms. The van der Waals surface area contributed by atoms with E-state index in [0.29, 0.717) is 12.1 Å². The van der Waals surface area contributed by atoms with E-state index in [1.807, 2.05) is 6.07 Å². The molecule has 0 aliphatic carbocycles. The van der Waals surface area contributed by atoms with Crippen LogP contribution in [0.15, 0.2) is 18.2 Å². The minimum atomic E-state index is -0.101. The molecule has 0 bridgehead atoms. The molecule has 0 amide bonds. The van der Waals surface area contributed by atoms with Crippen LogP contribution in [0.5, 0.6) is 0 Å². The average Bonchev–Trinajstić information content (AvgIpc) is 2.79. The van der Waals surface area contributed by atoms with Crippen molar-refractivity contribution in [1.82, 2.24) is 4.90 Å². The van der Waals surface area contributed by atoms with E-state index in [1.165, 1.54) is 17.5 Å². The number of nitrogens with zero attached hydrogens (tertiary/aromatic N) is 1. The van der Waals surface area contributed by atoms with Crippen LogP contribution in [0.2, 0.25) is 0 Å². The van der Waals surface area contributed by atoms with Crippen LogP contribution in [-0.2, 0) is 11.2 Å². The van der Waals surface area contributed by atoms with Gasteiger partial charge < -0.3 is 4.74 Å². The SMILES string of the molecule is COCCC1CC[C@@H]2c3cc(F)ccc3CCN12. The highest BCUT2D eigenvalue weighted by atomic mass is 19.1. The van der Waals surface area contributed by atoms with Crippen LogP contribution in [0, 0.1) is 5.82 Å². The molecule has 0 spiro atoms. The fraction of sp³-hybridized carbons (Fsp3) is 0.600. The fourth-order valence-corrected chi connectivity index (χ4v) is 3.53. The van der Waals surface area contributed by atoms with E-state index in [2.05, 4.69) is 4.90 Å². The van der Waals surface area contributed by atoms with E-state index in [9.17, 15) is 4.39 Å². The zero-order valence-corrected chi connectivity index (χ0v) is 10.9. The van der Waals surface area contributed by atoms with Gasteiger partial charge in [0.15, 0.2) is 0 Å². The number of halogens is 1. The predicted molar refractivity (Wildman–Crippen MR) is 69.1 cm³/mol. The summed E-state index contributed by atoms with van der Waals surface area (Å²) in [7, 11) is 1.76. The van der Waals surface area contributed by atoms with Crippen molar-refractivity contribution in [3.8, 4) is 0 Å². The van der Waals surface area contributed by atoms with Gasteiger partial charge in [-0.05, 0) is 48.9 Å². The van der Waals surface area contributed by atoms with Crippen LogP contribution in [0.1, 0.15) is 36.4 Å². The molecule has 2 heterocycles. The summed E-state index contributed by atoms with van der Waals surface area (Å²) in [6.45, 7) is 1.93. The summed E-state index contributed by atoms with van der Waals surface area (Å²) in [6, 6.07) is 6.35. The van der Waals surface area contributed by atoms with Gasteiger partial charge in [0.1, 0.15) is 5.82 Å². The Morgan fingerprint density at radius 2 is 2.28 bits per heavy atom. The fourth-order valence-electron chi connectivity index (χ4n) is 3.53. The van der Waals surface area contributed by atoms with Gasteiger partial charge in [-0.15, -0.1) is 0 Å². The standard InChI is InChI=1S/C15H20FNO/c1-18-9-7-13-4-5-15-14-10-12(16)3-2-11(14)6-8-17(13)15/h2-3,10,13,15H,4-9H2,1H3/t13?,15-/m1/s1. The van der Waals surface area contributed by atoms with Crippen LogP contribution in [-0.4, -0.2) is 31.2 Å². The maximum atomic E-state index is 13.4. The summed E-state index contributed by atoms with van der Waals surface area (Å²) >= 11 is 0. The Morgan fingerprint density at radius 3 is 3.11 bits per heavy atom. The molecule has 2 aliphatic rings. The average molecular weight is 249 g/mol. The first-order chi connectivity index (χ1) is 8.79. The number of hydrogen-bond acceptors (Lipinski definition) is 2. The quantitative estimate of drug-likeness (QED) is 0.816. The molecule has 1 unspecified atom stereocenters. The van der Waals surface area contributed by atoms with Crippen molar-refractivity contribution in [2.75, 3.05) is 20.3 Å². The van der Waals surface area contributed by atoms with Gasteiger partial charge in [0, 0.05) is 32.3 Å². The third-order valence-electron chi connectivity index (χ3n) is 4.40. The van der Waals surface area contributed by atoms with E-state index >= 15 is 0 Å². The Kier molecular flexibility index (Phi) is 3.35. The lowest BCUT2D eigenvalue weighted by molar-refractivity contribution is 0.129. The molecule has 2 aliphatic heterocycles. The van der Waals surface area contributed by atoms with E-state index in [-0.39, 0.29) is 5.82 Å². The zero-order valence-electron chi connectivity index (χ0n) is 10.9. The van der Waals surface area contributed by atoms with Crippen molar-refractivity contribution < 1.29 is 9.13 Å². The van der Waals surface area contributed by atoms with Crippen molar-refractivity contribution in [2.24, 2.45) is 0 Å². The summed E-state index contributed by atoms with van der Waals surface area (Å²) in [5.74, 6) is -0.101. The molecule has 1 aromatic rings. The Balaban J connectivity index is 1.82. The number of ether oxygens (including phenoxy) is 1. The Hall–Kier alpha value is -0.930. The van der Waals surface area contributed by atoms with Gasteiger partial charge in [0.2, 0.25) is 0 Å². The van der Waals surface area contributed by atoms with Crippen molar-refractivity contribution in [2.45, 2.75) is 37.8 Å². The van der Waals surface area contributed by atoms with Gasteiger partial charge in [0.25, 0.3) is 0 Å². The van der Waals surface area contributed by atoms with E-state index in [1.54, 1.807) is 19.2 Å². The highest BCUT2D eigenvalue weighted by Gasteiger charge is 2.37. The highest BCUT2D eigenvalue weighted by Crippen LogP contribution is 2.41. The third kappa shape index (κ3) is 2.06. The zero-order chi connectivity index (χ0) is 12.5. The monoisotopic (exact) mass is 249 g/mol. The highest BCUT2D eigenvalue weighted by molar-refractivity contribution is 5.34. The number of methoxy groups -OCH3 is 1. The molecule has 3 heteroatoms. The molecular formula is C15H20FNO. The van der Waals surface area contributed by atoms with Crippen molar-refractivity contribution in [3.63, 3.8) is 0 Å². The first kappa shape index (κ1) is 12.1. The van der Waals surface area contributed by atoms with Gasteiger partial charge in [-0.2, -0.15) is 0 Å². The van der Waals surface area contributed by atoms with Crippen LogP contribution in [0.4, 0.5) is 4.39 Å². The normalized spacial score (nSPS) is 27.0. The smallest absolute Gasteiger partial charge is 0.123 e. The van der Waals surface area contributed by atoms with E-state index < -0.39 is 0 Å². The lowest BCUT2D eigenvalue weighted by Crippen LogP contribution is -2.37. The molecule has 2 atom stereocenters. The molecule has 0 radical (unpaired) electrons.